The lowest BCUT2D eigenvalue weighted by molar-refractivity contribution is -0.148. The summed E-state index contributed by atoms with van der Waals surface area (Å²) < 4.78 is 4.67. The van der Waals surface area contributed by atoms with E-state index >= 15 is 0 Å². The zero-order valence-corrected chi connectivity index (χ0v) is 18.6. The fourth-order valence-electron chi connectivity index (χ4n) is 4.44. The first-order valence-corrected chi connectivity index (χ1v) is 10.7. The summed E-state index contributed by atoms with van der Waals surface area (Å²) in [6.07, 6.45) is 2.78. The average Bonchev–Trinajstić information content (AvgIpc) is 2.93. The van der Waals surface area contributed by atoms with Crippen LogP contribution in [0, 0.1) is 0 Å². The molecule has 2 aliphatic rings. The number of fused-ring (bicyclic) bond motifs is 1. The highest BCUT2D eigenvalue weighted by Gasteiger charge is 2.41. The Kier molecular flexibility index (Phi) is 5.81. The summed E-state index contributed by atoms with van der Waals surface area (Å²) in [5.74, 6) is -0.677. The van der Waals surface area contributed by atoms with E-state index in [0.29, 0.717) is 10.8 Å². The summed E-state index contributed by atoms with van der Waals surface area (Å²) in [6, 6.07) is 5.24. The van der Waals surface area contributed by atoms with Crippen LogP contribution in [0.1, 0.15) is 58.1 Å². The fourth-order valence-corrected chi connectivity index (χ4v) is 5.35. The highest BCUT2D eigenvalue weighted by Crippen LogP contribution is 2.44. The minimum absolute atomic E-state index is 0.0926. The zero-order chi connectivity index (χ0) is 21.5. The van der Waals surface area contributed by atoms with Crippen LogP contribution in [0.4, 0.5) is 10.5 Å². The molecule has 1 saturated heterocycles. The van der Waals surface area contributed by atoms with E-state index in [9.17, 15) is 14.4 Å². The third-order valence-corrected chi connectivity index (χ3v) is 6.66. The molecule has 1 aromatic rings. The van der Waals surface area contributed by atoms with Crippen LogP contribution in [0.2, 0.25) is 0 Å². The van der Waals surface area contributed by atoms with E-state index in [-0.39, 0.29) is 5.54 Å². The highest BCUT2D eigenvalue weighted by atomic mass is 32.2. The van der Waals surface area contributed by atoms with Gasteiger partial charge in [-0.1, -0.05) is 13.0 Å². The maximum Gasteiger partial charge on any atom is 0.328 e. The standard InChI is InChI=1S/C22H28N2O4S/c1-7-23-17-9-8-15(10-16(17)13(2)12-22(23,4)5)11-18-19(25)24(21(27)29-18)14(3)20(26)28-6/h8-11,13-14H,7,12H2,1-6H3/b18-11+. The van der Waals surface area contributed by atoms with Crippen LogP contribution in [0.25, 0.3) is 6.08 Å². The summed E-state index contributed by atoms with van der Waals surface area (Å²) in [5.41, 5.74) is 3.44. The number of amides is 2. The fraction of sp³-hybridized carbons (Fsp3) is 0.500. The number of methoxy groups -OCH3 is 1. The van der Waals surface area contributed by atoms with Gasteiger partial charge in [0, 0.05) is 17.8 Å². The molecule has 6 nitrogen and oxygen atoms in total. The van der Waals surface area contributed by atoms with Gasteiger partial charge >= 0.3 is 5.97 Å². The van der Waals surface area contributed by atoms with Gasteiger partial charge in [0.05, 0.1) is 12.0 Å². The molecule has 1 aromatic carbocycles. The topological polar surface area (TPSA) is 66.9 Å². The Morgan fingerprint density at radius 3 is 2.69 bits per heavy atom. The number of benzene rings is 1. The smallest absolute Gasteiger partial charge is 0.328 e. The van der Waals surface area contributed by atoms with Gasteiger partial charge in [0.2, 0.25) is 0 Å². The van der Waals surface area contributed by atoms with E-state index in [2.05, 4.69) is 49.5 Å². The van der Waals surface area contributed by atoms with Crippen molar-refractivity contribution >= 4 is 40.6 Å². The second-order valence-corrected chi connectivity index (χ2v) is 9.22. The Labute approximate surface area is 176 Å². The average molecular weight is 417 g/mol. The van der Waals surface area contributed by atoms with E-state index in [0.717, 1.165) is 35.2 Å². The number of ether oxygens (including phenoxy) is 1. The maximum absolute atomic E-state index is 12.7. The van der Waals surface area contributed by atoms with Gasteiger partial charge in [-0.15, -0.1) is 0 Å². The number of carbonyl (C=O) groups excluding carboxylic acids is 3. The van der Waals surface area contributed by atoms with Crippen LogP contribution in [0.15, 0.2) is 23.1 Å². The predicted molar refractivity (Wildman–Crippen MR) is 116 cm³/mol. The summed E-state index contributed by atoms with van der Waals surface area (Å²) in [4.78, 5) is 40.5. The Hall–Kier alpha value is -2.28. The zero-order valence-electron chi connectivity index (χ0n) is 17.8. The number of carbonyl (C=O) groups is 3. The van der Waals surface area contributed by atoms with E-state index in [1.54, 1.807) is 6.08 Å². The van der Waals surface area contributed by atoms with Crippen molar-refractivity contribution in [3.05, 3.63) is 34.2 Å². The molecule has 2 unspecified atom stereocenters. The molecule has 2 aliphatic heterocycles. The lowest BCUT2D eigenvalue weighted by Gasteiger charge is -2.47. The van der Waals surface area contributed by atoms with E-state index < -0.39 is 23.2 Å². The van der Waals surface area contributed by atoms with Crippen LogP contribution in [-0.2, 0) is 14.3 Å². The molecule has 29 heavy (non-hydrogen) atoms. The number of rotatable bonds is 4. The van der Waals surface area contributed by atoms with Crippen molar-refractivity contribution < 1.29 is 19.1 Å². The first-order chi connectivity index (χ1) is 13.6. The molecular weight excluding hydrogens is 388 g/mol. The maximum atomic E-state index is 12.7. The molecule has 2 atom stereocenters. The summed E-state index contributed by atoms with van der Waals surface area (Å²) in [5, 5.41) is -0.454. The molecule has 0 aliphatic carbocycles. The number of nitrogens with zero attached hydrogens (tertiary/aromatic N) is 2. The van der Waals surface area contributed by atoms with E-state index in [1.165, 1.54) is 25.3 Å². The Morgan fingerprint density at radius 1 is 1.38 bits per heavy atom. The molecule has 1 fully saturated rings. The van der Waals surface area contributed by atoms with Crippen molar-refractivity contribution in [1.82, 2.24) is 4.90 Å². The van der Waals surface area contributed by atoms with Gasteiger partial charge in [-0.25, -0.2) is 4.79 Å². The van der Waals surface area contributed by atoms with Crippen molar-refractivity contribution in [3.8, 4) is 0 Å². The third kappa shape index (κ3) is 3.80. The van der Waals surface area contributed by atoms with E-state index in [4.69, 9.17) is 0 Å². The number of hydrogen-bond donors (Lipinski definition) is 0. The van der Waals surface area contributed by atoms with Gasteiger partial charge in [0.15, 0.2) is 0 Å². The Bertz CT molecular complexity index is 893. The summed E-state index contributed by atoms with van der Waals surface area (Å²) >= 11 is 0.856. The van der Waals surface area contributed by atoms with Crippen LogP contribution >= 0.6 is 11.8 Å². The lowest BCUT2D eigenvalue weighted by Crippen LogP contribution is -2.48. The Morgan fingerprint density at radius 2 is 2.07 bits per heavy atom. The molecule has 0 saturated carbocycles. The van der Waals surface area contributed by atoms with Crippen LogP contribution in [0.5, 0.6) is 0 Å². The minimum atomic E-state index is -0.942. The Balaban J connectivity index is 1.93. The van der Waals surface area contributed by atoms with Gasteiger partial charge in [-0.2, -0.15) is 0 Å². The number of imide groups is 1. The second-order valence-electron chi connectivity index (χ2n) is 8.23. The highest BCUT2D eigenvalue weighted by molar-refractivity contribution is 8.18. The summed E-state index contributed by atoms with van der Waals surface area (Å²) in [6.45, 7) is 11.3. The number of thioether (sulfide) groups is 1. The number of esters is 1. The van der Waals surface area contributed by atoms with Crippen LogP contribution in [0.3, 0.4) is 0 Å². The van der Waals surface area contributed by atoms with Crippen molar-refractivity contribution in [1.29, 1.82) is 0 Å². The van der Waals surface area contributed by atoms with Crippen molar-refractivity contribution in [2.75, 3.05) is 18.6 Å². The quantitative estimate of drug-likeness (QED) is 0.535. The SMILES string of the molecule is CCN1c2ccc(/C=C3/SC(=O)N(C(C)C(=O)OC)C3=O)cc2C(C)CC1(C)C. The van der Waals surface area contributed by atoms with Gasteiger partial charge in [0.25, 0.3) is 11.1 Å². The molecule has 3 rings (SSSR count). The molecule has 0 N–H and O–H groups in total. The molecule has 2 amide bonds. The molecular formula is C22H28N2O4S. The minimum Gasteiger partial charge on any atom is -0.467 e. The first kappa shape index (κ1) is 21.4. The molecule has 0 radical (unpaired) electrons. The van der Waals surface area contributed by atoms with Gasteiger partial charge in [0.1, 0.15) is 6.04 Å². The first-order valence-electron chi connectivity index (χ1n) is 9.87. The van der Waals surface area contributed by atoms with E-state index in [1.807, 2.05) is 6.07 Å². The lowest BCUT2D eigenvalue weighted by atomic mass is 9.79. The van der Waals surface area contributed by atoms with Gasteiger partial charge in [-0.3, -0.25) is 14.5 Å². The van der Waals surface area contributed by atoms with Gasteiger partial charge in [-0.05, 0) is 81.1 Å². The van der Waals surface area contributed by atoms with Crippen LogP contribution in [-0.4, -0.2) is 47.3 Å². The third-order valence-electron chi connectivity index (χ3n) is 5.78. The van der Waals surface area contributed by atoms with Crippen molar-refractivity contribution in [2.45, 2.75) is 58.5 Å². The number of anilines is 1. The summed E-state index contributed by atoms with van der Waals surface area (Å²) in [7, 11) is 1.24. The van der Waals surface area contributed by atoms with Crippen molar-refractivity contribution in [3.63, 3.8) is 0 Å². The normalized spacial score (nSPS) is 23.4. The monoisotopic (exact) mass is 416 g/mol. The van der Waals surface area contributed by atoms with Crippen molar-refractivity contribution in [2.24, 2.45) is 0 Å². The molecule has 0 bridgehead atoms. The number of hydrogen-bond acceptors (Lipinski definition) is 6. The molecule has 0 spiro atoms. The molecule has 156 valence electrons. The second kappa shape index (κ2) is 7.86. The predicted octanol–water partition coefficient (Wildman–Crippen LogP) is 4.40. The molecule has 0 aromatic heterocycles. The van der Waals surface area contributed by atoms with Crippen LogP contribution < -0.4 is 4.90 Å². The molecule has 7 heteroatoms. The van der Waals surface area contributed by atoms with Gasteiger partial charge < -0.3 is 9.64 Å². The molecule has 2 heterocycles. The largest absolute Gasteiger partial charge is 0.467 e.